The van der Waals surface area contributed by atoms with Crippen molar-refractivity contribution in [3.63, 3.8) is 0 Å². The molecule has 0 aliphatic carbocycles. The average Bonchev–Trinajstić information content (AvgIpc) is 3.37. The summed E-state index contributed by atoms with van der Waals surface area (Å²) in [5, 5.41) is 4.52. The summed E-state index contributed by atoms with van der Waals surface area (Å²) in [5.74, 6) is -0.0839. The standard InChI is InChI=1S/C27H31ClN2O6/c1-27(2,3)36-26(32)23(14-18-7-5-6-11-34-18)30-16-24(33-4)21(15-25(30)31)20-13-17(28)8-9-19(20)22-10-12-35-29-22/h8-10,12-13,15-16,18,23H,5-7,11,14H2,1-4H3. The van der Waals surface area contributed by atoms with Gasteiger partial charge in [0, 0.05) is 41.3 Å². The maximum Gasteiger partial charge on any atom is 0.329 e. The number of esters is 1. The molecule has 2 aromatic heterocycles. The predicted molar refractivity (Wildman–Crippen MR) is 136 cm³/mol. The first kappa shape index (κ1) is 26.0. The summed E-state index contributed by atoms with van der Waals surface area (Å²) in [6.45, 7) is 6.05. The van der Waals surface area contributed by atoms with Crippen LogP contribution in [-0.4, -0.2) is 41.1 Å². The zero-order valence-corrected chi connectivity index (χ0v) is 21.7. The van der Waals surface area contributed by atoms with Gasteiger partial charge in [0.15, 0.2) is 0 Å². The highest BCUT2D eigenvalue weighted by Gasteiger charge is 2.32. The van der Waals surface area contributed by atoms with Gasteiger partial charge >= 0.3 is 5.97 Å². The van der Waals surface area contributed by atoms with Crippen LogP contribution in [0.25, 0.3) is 22.4 Å². The summed E-state index contributed by atoms with van der Waals surface area (Å²) in [7, 11) is 1.51. The van der Waals surface area contributed by atoms with Crippen LogP contribution < -0.4 is 10.3 Å². The number of aromatic nitrogens is 2. The van der Waals surface area contributed by atoms with Gasteiger partial charge in [0.2, 0.25) is 0 Å². The Labute approximate surface area is 215 Å². The highest BCUT2D eigenvalue weighted by atomic mass is 35.5. The monoisotopic (exact) mass is 514 g/mol. The number of nitrogens with zero attached hydrogens (tertiary/aromatic N) is 2. The minimum Gasteiger partial charge on any atom is -0.495 e. The number of methoxy groups -OCH3 is 1. The van der Waals surface area contributed by atoms with Crippen LogP contribution in [-0.2, 0) is 14.3 Å². The lowest BCUT2D eigenvalue weighted by Gasteiger charge is -2.29. The first-order valence-electron chi connectivity index (χ1n) is 12.0. The van der Waals surface area contributed by atoms with Crippen molar-refractivity contribution in [1.29, 1.82) is 0 Å². The quantitative estimate of drug-likeness (QED) is 0.375. The van der Waals surface area contributed by atoms with Crippen molar-refractivity contribution in [2.75, 3.05) is 13.7 Å². The predicted octanol–water partition coefficient (Wildman–Crippen LogP) is 5.67. The second-order valence-electron chi connectivity index (χ2n) is 9.85. The Bertz CT molecular complexity index is 1260. The van der Waals surface area contributed by atoms with E-state index in [1.165, 1.54) is 24.0 Å². The molecule has 3 aromatic rings. The van der Waals surface area contributed by atoms with Gasteiger partial charge in [-0.3, -0.25) is 9.36 Å². The van der Waals surface area contributed by atoms with Gasteiger partial charge in [0.25, 0.3) is 5.56 Å². The number of benzene rings is 1. The highest BCUT2D eigenvalue weighted by Crippen LogP contribution is 2.38. The van der Waals surface area contributed by atoms with E-state index in [1.54, 1.807) is 45.2 Å². The second kappa shape index (κ2) is 10.9. The molecule has 9 heteroatoms. The van der Waals surface area contributed by atoms with E-state index in [0.717, 1.165) is 24.8 Å². The van der Waals surface area contributed by atoms with Crippen LogP contribution in [0.1, 0.15) is 52.5 Å². The number of carbonyl (C=O) groups excluding carboxylic acids is 1. The van der Waals surface area contributed by atoms with Crippen LogP contribution in [0.4, 0.5) is 0 Å². The van der Waals surface area contributed by atoms with Crippen molar-refractivity contribution >= 4 is 17.6 Å². The van der Waals surface area contributed by atoms with E-state index in [9.17, 15) is 9.59 Å². The van der Waals surface area contributed by atoms with Gasteiger partial charge in [0.05, 0.1) is 19.4 Å². The third-order valence-electron chi connectivity index (χ3n) is 6.02. The van der Waals surface area contributed by atoms with E-state index in [2.05, 4.69) is 5.16 Å². The zero-order valence-electron chi connectivity index (χ0n) is 21.0. The number of rotatable bonds is 7. The van der Waals surface area contributed by atoms with Gasteiger partial charge in [0.1, 0.15) is 29.3 Å². The molecule has 1 aliphatic heterocycles. The molecule has 0 radical (unpaired) electrons. The Morgan fingerprint density at radius 1 is 1.19 bits per heavy atom. The summed E-state index contributed by atoms with van der Waals surface area (Å²) in [5.41, 5.74) is 1.42. The molecule has 8 nitrogen and oxygen atoms in total. The molecule has 1 saturated heterocycles. The molecular weight excluding hydrogens is 484 g/mol. The topological polar surface area (TPSA) is 92.8 Å². The molecule has 1 aliphatic rings. The molecule has 2 unspecified atom stereocenters. The van der Waals surface area contributed by atoms with Gasteiger partial charge in [-0.1, -0.05) is 22.8 Å². The van der Waals surface area contributed by atoms with Crippen molar-refractivity contribution < 1.29 is 23.5 Å². The van der Waals surface area contributed by atoms with Crippen LogP contribution in [0.2, 0.25) is 5.02 Å². The Hall–Kier alpha value is -3.10. The lowest BCUT2D eigenvalue weighted by atomic mass is 9.97. The molecule has 4 rings (SSSR count). The summed E-state index contributed by atoms with van der Waals surface area (Å²) in [6.07, 6.45) is 6.06. The summed E-state index contributed by atoms with van der Waals surface area (Å²) < 4.78 is 23.7. The van der Waals surface area contributed by atoms with Crippen molar-refractivity contribution in [2.45, 2.75) is 64.2 Å². The first-order valence-corrected chi connectivity index (χ1v) is 12.4. The fourth-order valence-corrected chi connectivity index (χ4v) is 4.57. The third-order valence-corrected chi connectivity index (χ3v) is 6.26. The van der Waals surface area contributed by atoms with E-state index in [4.69, 9.17) is 30.3 Å². The number of ether oxygens (including phenoxy) is 3. The van der Waals surface area contributed by atoms with Gasteiger partial charge in [-0.2, -0.15) is 0 Å². The molecule has 0 saturated carbocycles. The number of carbonyl (C=O) groups is 1. The molecule has 0 bridgehead atoms. The molecule has 0 spiro atoms. The smallest absolute Gasteiger partial charge is 0.329 e. The maximum atomic E-state index is 13.5. The Morgan fingerprint density at radius 3 is 2.64 bits per heavy atom. The van der Waals surface area contributed by atoms with E-state index in [0.29, 0.717) is 40.6 Å². The minimum atomic E-state index is -0.864. The third kappa shape index (κ3) is 5.99. The van der Waals surface area contributed by atoms with Crippen molar-refractivity contribution in [1.82, 2.24) is 9.72 Å². The van der Waals surface area contributed by atoms with E-state index in [-0.39, 0.29) is 11.7 Å². The van der Waals surface area contributed by atoms with Gasteiger partial charge < -0.3 is 18.7 Å². The fourth-order valence-electron chi connectivity index (χ4n) is 4.39. The number of pyridine rings is 1. The molecule has 1 aromatic carbocycles. The van der Waals surface area contributed by atoms with Crippen molar-refractivity contribution in [3.05, 3.63) is 58.2 Å². The van der Waals surface area contributed by atoms with Gasteiger partial charge in [-0.15, -0.1) is 0 Å². The van der Waals surface area contributed by atoms with Crippen LogP contribution in [0.3, 0.4) is 0 Å². The summed E-state index contributed by atoms with van der Waals surface area (Å²) in [4.78, 5) is 26.8. The number of hydrogen-bond acceptors (Lipinski definition) is 7. The SMILES string of the molecule is COc1cn(C(CC2CCCCO2)C(=O)OC(C)(C)C)c(=O)cc1-c1cc(Cl)ccc1-c1ccon1. The molecule has 0 N–H and O–H groups in total. The Kier molecular flexibility index (Phi) is 7.85. The normalized spacial score (nSPS) is 17.0. The van der Waals surface area contributed by atoms with Crippen LogP contribution in [0.15, 0.2) is 52.1 Å². The highest BCUT2D eigenvalue weighted by molar-refractivity contribution is 6.31. The Balaban J connectivity index is 1.80. The van der Waals surface area contributed by atoms with E-state index >= 15 is 0 Å². The lowest BCUT2D eigenvalue weighted by Crippen LogP contribution is -2.37. The summed E-state index contributed by atoms with van der Waals surface area (Å²) >= 11 is 6.31. The molecule has 1 fully saturated rings. The molecule has 192 valence electrons. The largest absolute Gasteiger partial charge is 0.495 e. The average molecular weight is 515 g/mol. The van der Waals surface area contributed by atoms with Gasteiger partial charge in [-0.25, -0.2) is 4.79 Å². The molecule has 2 atom stereocenters. The lowest BCUT2D eigenvalue weighted by molar-refractivity contribution is -0.160. The number of halogens is 1. The van der Waals surface area contributed by atoms with E-state index in [1.807, 2.05) is 6.07 Å². The van der Waals surface area contributed by atoms with Gasteiger partial charge in [-0.05, 0) is 57.7 Å². The summed E-state index contributed by atoms with van der Waals surface area (Å²) in [6, 6.07) is 7.61. The Morgan fingerprint density at radius 2 is 2.00 bits per heavy atom. The number of hydrogen-bond donors (Lipinski definition) is 0. The van der Waals surface area contributed by atoms with Crippen molar-refractivity contribution in [3.8, 4) is 28.1 Å². The maximum absolute atomic E-state index is 13.5. The van der Waals surface area contributed by atoms with Crippen LogP contribution in [0.5, 0.6) is 5.75 Å². The van der Waals surface area contributed by atoms with Crippen LogP contribution in [0, 0.1) is 0 Å². The van der Waals surface area contributed by atoms with E-state index < -0.39 is 17.6 Å². The second-order valence-corrected chi connectivity index (χ2v) is 10.3. The fraction of sp³-hybridized carbons (Fsp3) is 0.444. The van der Waals surface area contributed by atoms with Crippen molar-refractivity contribution in [2.24, 2.45) is 0 Å². The minimum absolute atomic E-state index is 0.138. The first-order chi connectivity index (χ1) is 17.2. The molecule has 3 heterocycles. The molecular formula is C27H31ClN2O6. The molecule has 36 heavy (non-hydrogen) atoms. The van der Waals surface area contributed by atoms with Crippen LogP contribution >= 0.6 is 11.6 Å². The molecule has 0 amide bonds. The zero-order chi connectivity index (χ0) is 25.9.